The lowest BCUT2D eigenvalue weighted by molar-refractivity contribution is 0.0422. The van der Waals surface area contributed by atoms with E-state index in [-0.39, 0.29) is 18.2 Å². The Kier molecular flexibility index (Phi) is 3.71. The molecule has 1 aromatic carbocycles. The van der Waals surface area contributed by atoms with Crippen molar-refractivity contribution < 1.29 is 9.53 Å². The second-order valence-corrected chi connectivity index (χ2v) is 5.94. The number of carbonyl (C=O) groups excluding carboxylic acids is 1. The van der Waals surface area contributed by atoms with Gasteiger partial charge in [-0.15, -0.1) is 0 Å². The number of nitrogens with zero attached hydrogens (tertiary/aromatic N) is 2. The second-order valence-electron chi connectivity index (χ2n) is 5.94. The van der Waals surface area contributed by atoms with Crippen LogP contribution >= 0.6 is 0 Å². The van der Waals surface area contributed by atoms with Crippen molar-refractivity contribution in [3.05, 3.63) is 59.9 Å². The van der Waals surface area contributed by atoms with Crippen LogP contribution in [0.5, 0.6) is 0 Å². The first-order chi connectivity index (χ1) is 11.3. The van der Waals surface area contributed by atoms with Crippen molar-refractivity contribution in [3.63, 3.8) is 0 Å². The van der Waals surface area contributed by atoms with Crippen molar-refractivity contribution in [1.29, 1.82) is 0 Å². The Morgan fingerprint density at radius 1 is 1.22 bits per heavy atom. The fourth-order valence-corrected chi connectivity index (χ4v) is 3.26. The molecule has 1 amide bonds. The molecule has 1 aromatic heterocycles. The molecule has 1 N–H and O–H groups in total. The van der Waals surface area contributed by atoms with E-state index in [1.165, 1.54) is 0 Å². The fourth-order valence-electron chi connectivity index (χ4n) is 3.26. The Bertz CT molecular complexity index is 698. The fraction of sp³-hybridized carbons (Fsp3) is 0.333. The topological polar surface area (TPSA) is 54.5 Å². The predicted octanol–water partition coefficient (Wildman–Crippen LogP) is 2.83. The summed E-state index contributed by atoms with van der Waals surface area (Å²) in [4.78, 5) is 19.3. The molecule has 0 radical (unpaired) electrons. The first-order valence-electron chi connectivity index (χ1n) is 8.02. The lowest BCUT2D eigenvalue weighted by Crippen LogP contribution is -2.46. The average molecular weight is 309 g/mol. The standard InChI is InChI=1S/C18H19N3O2/c22-18-14-7-1-2-8-15(14)20-17(16-9-3-4-10-19-16)21(18)12-13-6-5-11-23-13/h1-4,7-10,13,17,20H,5-6,11-12H2/t13-,17-/m0/s1. The van der Waals surface area contributed by atoms with E-state index in [0.29, 0.717) is 12.1 Å². The lowest BCUT2D eigenvalue weighted by atomic mass is 10.0. The van der Waals surface area contributed by atoms with E-state index in [2.05, 4.69) is 10.3 Å². The second kappa shape index (κ2) is 6.01. The molecule has 0 spiro atoms. The summed E-state index contributed by atoms with van der Waals surface area (Å²) >= 11 is 0. The van der Waals surface area contributed by atoms with Gasteiger partial charge in [-0.3, -0.25) is 9.78 Å². The number of aromatic nitrogens is 1. The van der Waals surface area contributed by atoms with Crippen molar-refractivity contribution in [2.24, 2.45) is 0 Å². The molecular formula is C18H19N3O2. The van der Waals surface area contributed by atoms with Crippen LogP contribution in [0.2, 0.25) is 0 Å². The SMILES string of the molecule is O=C1c2ccccc2N[C@H](c2ccccn2)N1C[C@@H]1CCCO1. The molecule has 3 heterocycles. The number of rotatable bonds is 3. The molecule has 2 aliphatic rings. The molecule has 23 heavy (non-hydrogen) atoms. The summed E-state index contributed by atoms with van der Waals surface area (Å²) in [5, 5.41) is 3.45. The molecule has 1 saturated heterocycles. The minimum Gasteiger partial charge on any atom is -0.376 e. The summed E-state index contributed by atoms with van der Waals surface area (Å²) in [6.07, 6.45) is 3.66. The number of amides is 1. The van der Waals surface area contributed by atoms with E-state index in [4.69, 9.17) is 4.74 Å². The zero-order valence-electron chi connectivity index (χ0n) is 12.8. The van der Waals surface area contributed by atoms with E-state index < -0.39 is 0 Å². The van der Waals surface area contributed by atoms with Gasteiger partial charge in [-0.2, -0.15) is 0 Å². The molecule has 0 bridgehead atoms. The normalized spacial score (nSPS) is 23.5. The minimum atomic E-state index is -0.261. The predicted molar refractivity (Wildman–Crippen MR) is 87.1 cm³/mol. The van der Waals surface area contributed by atoms with Crippen molar-refractivity contribution in [3.8, 4) is 0 Å². The molecule has 0 saturated carbocycles. The van der Waals surface area contributed by atoms with Gasteiger partial charge in [0.1, 0.15) is 6.17 Å². The smallest absolute Gasteiger partial charge is 0.257 e. The number of ether oxygens (including phenoxy) is 1. The molecule has 2 aliphatic heterocycles. The molecule has 5 heteroatoms. The number of carbonyl (C=O) groups is 1. The summed E-state index contributed by atoms with van der Waals surface area (Å²) in [6.45, 7) is 1.37. The van der Waals surface area contributed by atoms with Gasteiger partial charge in [-0.05, 0) is 37.1 Å². The Labute approximate surface area is 135 Å². The van der Waals surface area contributed by atoms with Gasteiger partial charge in [0.15, 0.2) is 0 Å². The van der Waals surface area contributed by atoms with Crippen LogP contribution in [0.25, 0.3) is 0 Å². The maximum atomic E-state index is 13.0. The van der Waals surface area contributed by atoms with E-state index in [1.807, 2.05) is 47.4 Å². The highest BCUT2D eigenvalue weighted by Crippen LogP contribution is 2.33. The third kappa shape index (κ3) is 2.68. The molecule has 4 rings (SSSR count). The van der Waals surface area contributed by atoms with Crippen molar-refractivity contribution in [2.45, 2.75) is 25.1 Å². The summed E-state index contributed by atoms with van der Waals surface area (Å²) in [7, 11) is 0. The zero-order chi connectivity index (χ0) is 15.6. The number of nitrogens with one attached hydrogen (secondary N) is 1. The molecule has 118 valence electrons. The quantitative estimate of drug-likeness (QED) is 0.947. The number of hydrogen-bond acceptors (Lipinski definition) is 4. The lowest BCUT2D eigenvalue weighted by Gasteiger charge is -2.38. The number of pyridine rings is 1. The number of anilines is 1. The van der Waals surface area contributed by atoms with Gasteiger partial charge in [0, 0.05) is 25.0 Å². The highest BCUT2D eigenvalue weighted by atomic mass is 16.5. The number of hydrogen-bond donors (Lipinski definition) is 1. The van der Waals surface area contributed by atoms with E-state index in [0.717, 1.165) is 30.8 Å². The first kappa shape index (κ1) is 14.2. The zero-order valence-corrected chi connectivity index (χ0v) is 12.8. The van der Waals surface area contributed by atoms with Crippen LogP contribution in [0.15, 0.2) is 48.7 Å². The van der Waals surface area contributed by atoms with Crippen molar-refractivity contribution in [1.82, 2.24) is 9.88 Å². The highest BCUT2D eigenvalue weighted by Gasteiger charge is 2.35. The van der Waals surface area contributed by atoms with Gasteiger partial charge in [-0.25, -0.2) is 0 Å². The third-order valence-corrected chi connectivity index (χ3v) is 4.41. The summed E-state index contributed by atoms with van der Waals surface area (Å²) in [5.41, 5.74) is 2.41. The number of benzene rings is 1. The van der Waals surface area contributed by atoms with E-state index >= 15 is 0 Å². The molecular weight excluding hydrogens is 290 g/mol. The molecule has 2 aromatic rings. The Morgan fingerprint density at radius 2 is 2.09 bits per heavy atom. The largest absolute Gasteiger partial charge is 0.376 e. The molecule has 0 aliphatic carbocycles. The monoisotopic (exact) mass is 309 g/mol. The molecule has 2 atom stereocenters. The van der Waals surface area contributed by atoms with Gasteiger partial charge in [0.05, 0.1) is 17.4 Å². The summed E-state index contributed by atoms with van der Waals surface area (Å²) in [6, 6.07) is 13.4. The van der Waals surface area contributed by atoms with Crippen LogP contribution in [-0.4, -0.2) is 35.0 Å². The highest BCUT2D eigenvalue weighted by molar-refractivity contribution is 6.01. The van der Waals surface area contributed by atoms with Gasteiger partial charge in [-0.1, -0.05) is 18.2 Å². The number of para-hydroxylation sites is 1. The summed E-state index contributed by atoms with van der Waals surface area (Å²) in [5.74, 6) is 0.0329. The van der Waals surface area contributed by atoms with Gasteiger partial charge < -0.3 is 15.0 Å². The van der Waals surface area contributed by atoms with E-state index in [9.17, 15) is 4.79 Å². The molecule has 1 fully saturated rings. The van der Waals surface area contributed by atoms with Gasteiger partial charge in [0.25, 0.3) is 5.91 Å². The Hall–Kier alpha value is -2.40. The van der Waals surface area contributed by atoms with E-state index in [1.54, 1.807) is 6.20 Å². The third-order valence-electron chi connectivity index (χ3n) is 4.41. The first-order valence-corrected chi connectivity index (χ1v) is 8.02. The minimum absolute atomic E-state index is 0.0329. The van der Waals surface area contributed by atoms with Gasteiger partial charge in [0.2, 0.25) is 0 Å². The van der Waals surface area contributed by atoms with Crippen LogP contribution in [0.3, 0.4) is 0 Å². The maximum absolute atomic E-state index is 13.0. The number of fused-ring (bicyclic) bond motifs is 1. The van der Waals surface area contributed by atoms with Crippen LogP contribution in [0.4, 0.5) is 5.69 Å². The summed E-state index contributed by atoms with van der Waals surface area (Å²) < 4.78 is 5.73. The molecule has 0 unspecified atom stereocenters. The van der Waals surface area contributed by atoms with Crippen molar-refractivity contribution >= 4 is 11.6 Å². The molecule has 5 nitrogen and oxygen atoms in total. The average Bonchev–Trinajstić information content (AvgIpc) is 3.11. The Balaban J connectivity index is 1.70. The van der Waals surface area contributed by atoms with Crippen LogP contribution in [0, 0.1) is 0 Å². The van der Waals surface area contributed by atoms with Crippen LogP contribution in [0.1, 0.15) is 35.1 Å². The Morgan fingerprint density at radius 3 is 2.87 bits per heavy atom. The van der Waals surface area contributed by atoms with Gasteiger partial charge >= 0.3 is 0 Å². The van der Waals surface area contributed by atoms with Crippen molar-refractivity contribution in [2.75, 3.05) is 18.5 Å². The van der Waals surface area contributed by atoms with Crippen LogP contribution < -0.4 is 5.32 Å². The van der Waals surface area contributed by atoms with Crippen LogP contribution in [-0.2, 0) is 4.74 Å². The maximum Gasteiger partial charge on any atom is 0.257 e.